The van der Waals surface area contributed by atoms with E-state index in [-0.39, 0.29) is 0 Å². The van der Waals surface area contributed by atoms with Crippen molar-refractivity contribution >= 4 is 6.41 Å². The van der Waals surface area contributed by atoms with Gasteiger partial charge in [-0.05, 0) is 144 Å². The van der Waals surface area contributed by atoms with Gasteiger partial charge in [0.1, 0.15) is 5.82 Å². The van der Waals surface area contributed by atoms with Crippen LogP contribution in [0.2, 0.25) is 0 Å². The summed E-state index contributed by atoms with van der Waals surface area (Å²) < 4.78 is 2.12. The number of hydrogen-bond donors (Lipinski definition) is 1. The average Bonchev–Trinajstić information content (AvgIpc) is 3.78. The molecule has 54 heavy (non-hydrogen) atoms. The van der Waals surface area contributed by atoms with Gasteiger partial charge < -0.3 is 14.8 Å². The highest BCUT2D eigenvalue weighted by Crippen LogP contribution is 2.71. The Morgan fingerprint density at radius 1 is 0.870 bits per heavy atom. The number of nitrogens with one attached hydrogen (secondary N) is 1. The van der Waals surface area contributed by atoms with Crippen LogP contribution < -0.4 is 5.32 Å². The molecule has 306 valence electrons. The quantitative estimate of drug-likeness (QED) is 0.227. The number of carbonyl (C=O) groups is 1. The molecular weight excluding hydrogens is 661 g/mol. The van der Waals surface area contributed by atoms with Crippen LogP contribution in [0.15, 0.2) is 49.2 Å². The number of carbonyl (C=O) groups excluding carboxylic acids is 1. The molecule has 1 heterocycles. The Balaban J connectivity index is 0.000000251. The lowest BCUT2D eigenvalue weighted by Crippen LogP contribution is -2.59. The van der Waals surface area contributed by atoms with Crippen LogP contribution in [-0.4, -0.2) is 41.5 Å². The van der Waals surface area contributed by atoms with Crippen LogP contribution in [0, 0.1) is 51.8 Å². The Morgan fingerprint density at radius 3 is 2.11 bits per heavy atom. The van der Waals surface area contributed by atoms with E-state index in [1.807, 2.05) is 92.9 Å². The van der Waals surface area contributed by atoms with Gasteiger partial charge >= 0.3 is 0 Å². The number of hydrogen-bond acceptors (Lipinski definition) is 3. The number of amides is 1. The predicted octanol–water partition coefficient (Wildman–Crippen LogP) is 12.8. The molecule has 0 bridgehead atoms. The molecule has 1 aromatic carbocycles. The zero-order valence-electron chi connectivity index (χ0n) is 37.4. The van der Waals surface area contributed by atoms with E-state index in [1.54, 1.807) is 63.9 Å². The Labute approximate surface area is 334 Å². The van der Waals surface area contributed by atoms with Crippen LogP contribution in [0.25, 0.3) is 11.3 Å². The topological polar surface area (TPSA) is 50.2 Å². The molecule has 0 saturated heterocycles. The van der Waals surface area contributed by atoms with E-state index in [0.717, 1.165) is 77.5 Å². The summed E-state index contributed by atoms with van der Waals surface area (Å²) in [5.41, 5.74) is 3.57. The van der Waals surface area contributed by atoms with E-state index < -0.39 is 5.54 Å². The molecular formula is C49H84N4O. The van der Waals surface area contributed by atoms with Crippen LogP contribution in [0.1, 0.15) is 159 Å². The number of rotatable bonds is 7. The van der Waals surface area contributed by atoms with Crippen molar-refractivity contribution in [3.8, 4) is 11.3 Å². The Kier molecular flexibility index (Phi) is 17.2. The zero-order chi connectivity index (χ0) is 40.3. The van der Waals surface area contributed by atoms with Gasteiger partial charge in [0.25, 0.3) is 0 Å². The fourth-order valence-corrected chi connectivity index (χ4v) is 12.6. The summed E-state index contributed by atoms with van der Waals surface area (Å²) in [5.74, 6) is 7.16. The van der Waals surface area contributed by atoms with Gasteiger partial charge in [-0.3, -0.25) is 4.79 Å². The molecule has 1 amide bonds. The third kappa shape index (κ3) is 9.75. The minimum Gasteiger partial charge on any atom is -0.347 e. The van der Waals surface area contributed by atoms with Gasteiger partial charge in [0.2, 0.25) is 6.41 Å². The molecule has 5 saturated carbocycles. The Bertz CT molecular complexity index is 1410. The smallest absolute Gasteiger partial charge is 0.207 e. The fraction of sp³-hybridized carbons (Fsp3) is 0.755. The van der Waals surface area contributed by atoms with Crippen LogP contribution >= 0.6 is 0 Å². The molecule has 5 heteroatoms. The van der Waals surface area contributed by atoms with Crippen molar-refractivity contribution in [1.82, 2.24) is 19.8 Å². The molecule has 1 aromatic heterocycles. The first kappa shape index (κ1) is 46.0. The maximum Gasteiger partial charge on any atom is 0.207 e. The Morgan fingerprint density at radius 2 is 1.48 bits per heavy atom. The van der Waals surface area contributed by atoms with Crippen molar-refractivity contribution in [2.24, 2.45) is 51.8 Å². The zero-order valence-corrected chi connectivity index (χ0v) is 37.4. The van der Waals surface area contributed by atoms with Crippen LogP contribution in [-0.2, 0) is 16.9 Å². The van der Waals surface area contributed by atoms with Crippen molar-refractivity contribution in [1.29, 1.82) is 0 Å². The lowest BCUT2D eigenvalue weighted by atomic mass is 9.38. The maximum atomic E-state index is 10.9. The number of benzene rings is 1. The number of allylic oxidation sites excluding steroid dienone is 1. The highest BCUT2D eigenvalue weighted by atomic mass is 16.1. The summed E-state index contributed by atoms with van der Waals surface area (Å²) >= 11 is 0. The predicted molar refractivity (Wildman–Crippen MR) is 233 cm³/mol. The summed E-state index contributed by atoms with van der Waals surface area (Å²) in [7, 11) is 4.09. The SMILES string of the molecule is C=CC.CC.CC.CC1CCCC2(C)C1CCC1(C)C3CCC4(C)CCCC4C3CCC21.CN(C)CCn1cc(-c2ccccc2)nc1C(C)(C)NC=O. The first-order valence-corrected chi connectivity index (χ1v) is 22.3. The summed E-state index contributed by atoms with van der Waals surface area (Å²) in [5, 5.41) is 2.85. The molecule has 5 aliphatic carbocycles. The highest BCUT2D eigenvalue weighted by molar-refractivity contribution is 5.59. The second kappa shape index (κ2) is 20.1. The van der Waals surface area contributed by atoms with E-state index in [9.17, 15) is 4.79 Å². The van der Waals surface area contributed by atoms with Gasteiger partial charge in [0.15, 0.2) is 0 Å². The molecule has 2 aromatic rings. The monoisotopic (exact) mass is 745 g/mol. The van der Waals surface area contributed by atoms with Crippen molar-refractivity contribution in [2.45, 2.75) is 165 Å². The third-order valence-electron chi connectivity index (χ3n) is 15.0. The molecule has 7 rings (SSSR count). The van der Waals surface area contributed by atoms with E-state index in [0.29, 0.717) is 10.8 Å². The van der Waals surface area contributed by atoms with Gasteiger partial charge in [0, 0.05) is 24.8 Å². The third-order valence-corrected chi connectivity index (χ3v) is 15.0. The second-order valence-electron chi connectivity index (χ2n) is 18.7. The lowest BCUT2D eigenvalue weighted by molar-refractivity contribution is -0.181. The number of likely N-dealkylation sites (N-methyl/N-ethyl adjacent to an activating group) is 1. The first-order chi connectivity index (χ1) is 25.7. The molecule has 5 fully saturated rings. The fourth-order valence-electron chi connectivity index (χ4n) is 12.6. The van der Waals surface area contributed by atoms with E-state index in [1.165, 1.54) is 19.3 Å². The minimum absolute atomic E-state index is 0.513. The largest absolute Gasteiger partial charge is 0.347 e. The summed E-state index contributed by atoms with van der Waals surface area (Å²) in [6.07, 6.45) is 23.1. The van der Waals surface area contributed by atoms with Gasteiger partial charge in [0.05, 0.1) is 11.2 Å². The molecule has 5 nitrogen and oxygen atoms in total. The van der Waals surface area contributed by atoms with Crippen LogP contribution in [0.5, 0.6) is 0 Å². The van der Waals surface area contributed by atoms with Crippen molar-refractivity contribution in [3.63, 3.8) is 0 Å². The van der Waals surface area contributed by atoms with Gasteiger partial charge in [-0.2, -0.15) is 0 Å². The summed E-state index contributed by atoms with van der Waals surface area (Å²) in [6.45, 7) is 29.7. The molecule has 9 atom stereocenters. The number of fused-ring (bicyclic) bond motifs is 7. The van der Waals surface area contributed by atoms with Crippen LogP contribution in [0.3, 0.4) is 0 Å². The molecule has 0 radical (unpaired) electrons. The van der Waals surface area contributed by atoms with E-state index >= 15 is 0 Å². The van der Waals surface area contributed by atoms with Gasteiger partial charge in [-0.1, -0.05) is 111 Å². The first-order valence-electron chi connectivity index (χ1n) is 22.3. The summed E-state index contributed by atoms with van der Waals surface area (Å²) in [4.78, 5) is 17.8. The molecule has 1 N–H and O–H groups in total. The highest BCUT2D eigenvalue weighted by Gasteiger charge is 2.63. The Hall–Kier alpha value is -2.40. The van der Waals surface area contributed by atoms with E-state index in [4.69, 9.17) is 4.98 Å². The van der Waals surface area contributed by atoms with Crippen molar-refractivity contribution < 1.29 is 4.79 Å². The van der Waals surface area contributed by atoms with Gasteiger partial charge in [-0.25, -0.2) is 4.98 Å². The van der Waals surface area contributed by atoms with E-state index in [2.05, 4.69) is 55.3 Å². The average molecular weight is 745 g/mol. The van der Waals surface area contributed by atoms with Gasteiger partial charge in [-0.15, -0.1) is 6.58 Å². The number of nitrogens with zero attached hydrogens (tertiary/aromatic N) is 3. The molecule has 9 unspecified atom stereocenters. The van der Waals surface area contributed by atoms with Crippen LogP contribution in [0.4, 0.5) is 0 Å². The second-order valence-corrected chi connectivity index (χ2v) is 18.7. The number of aromatic nitrogens is 2. The molecule has 0 aliphatic heterocycles. The summed E-state index contributed by atoms with van der Waals surface area (Å²) in [6, 6.07) is 10.1. The normalized spacial score (nSPS) is 33.4. The minimum atomic E-state index is -0.513. The molecule has 0 spiro atoms. The maximum absolute atomic E-state index is 10.9. The molecule has 5 aliphatic rings. The van der Waals surface area contributed by atoms with Crippen molar-refractivity contribution in [2.75, 3.05) is 20.6 Å². The standard InChI is InChI=1S/C25H42.C17H24N4O.C3H6.2C2H6/c1-17-7-5-14-24(3)19(17)12-16-25(4)21-11-15-23(2)13-6-8-20(23)18(21)9-10-22(24)25;1-17(2,18-13-22)16-19-15(14-8-6-5-7-9-14)12-21(16)11-10-20(3)4;1-3-2;2*1-2/h17-22H,5-16H2,1-4H3;5-9,12-13H,10-11H2,1-4H3,(H,18,22);3H,1H2,2H3;2*1-2H3. The van der Waals surface area contributed by atoms with Crippen molar-refractivity contribution in [3.05, 3.63) is 55.0 Å². The lowest BCUT2D eigenvalue weighted by Gasteiger charge is -2.67. The number of imidazole rings is 1.